The van der Waals surface area contributed by atoms with E-state index in [4.69, 9.17) is 0 Å². The number of pyridine rings is 1. The number of hydrogen-bond donors (Lipinski definition) is 1. The highest BCUT2D eigenvalue weighted by molar-refractivity contribution is 7.99. The minimum atomic E-state index is -2.99. The Balaban J connectivity index is 1.82. The fraction of sp³-hybridized carbons (Fsp3) is 0. The largest absolute Gasteiger partial charge is 0.275 e. The molecular weight excluding hydrogens is 363 g/mol. The van der Waals surface area contributed by atoms with E-state index in [0.717, 1.165) is 0 Å². The van der Waals surface area contributed by atoms with Crippen LogP contribution in [0, 0.1) is 17.7 Å². The summed E-state index contributed by atoms with van der Waals surface area (Å²) in [5, 5.41) is 0. The van der Waals surface area contributed by atoms with Crippen LogP contribution in [0.15, 0.2) is 78.0 Å². The van der Waals surface area contributed by atoms with Crippen LogP contribution in [-0.4, -0.2) is 21.0 Å². The molecule has 0 aliphatic carbocycles. The first-order valence-electron chi connectivity index (χ1n) is 7.92. The molecule has 134 valence electrons. The highest BCUT2D eigenvalue weighted by Crippen LogP contribution is 2.10. The second-order valence-corrected chi connectivity index (χ2v) is 7.64. The van der Waals surface area contributed by atoms with Gasteiger partial charge >= 0.3 is 0 Å². The second-order valence-electron chi connectivity index (χ2n) is 5.61. The van der Waals surface area contributed by atoms with Crippen molar-refractivity contribution in [2.45, 2.75) is 4.90 Å². The first kappa shape index (κ1) is 18.4. The summed E-state index contributed by atoms with van der Waals surface area (Å²) in [6, 6.07) is 16.1. The highest BCUT2D eigenvalue weighted by atomic mass is 32.2. The van der Waals surface area contributed by atoms with Crippen molar-refractivity contribution >= 4 is 21.5 Å². The molecule has 1 aromatic heterocycles. The SMILES string of the molecule is C=S(=O)(NC(=O)c1cncc(C#Cc2ccccc2F)c1)c1ccccc1. The van der Waals surface area contributed by atoms with E-state index in [1.807, 2.05) is 0 Å². The Bertz CT molecular complexity index is 1150. The molecule has 3 rings (SSSR count). The average Bonchev–Trinajstić information content (AvgIpc) is 2.68. The molecule has 0 spiro atoms. The quantitative estimate of drug-likeness (QED) is 0.563. The molecule has 0 radical (unpaired) electrons. The Hall–Kier alpha value is -3.43. The molecule has 6 heteroatoms. The van der Waals surface area contributed by atoms with Crippen molar-refractivity contribution in [3.63, 3.8) is 0 Å². The standard InChI is InChI=1S/C21H15FN2O2S/c1-27(26,19-8-3-2-4-9-19)24-21(25)18-13-16(14-23-15-18)11-12-17-7-5-6-10-20(17)22/h2-10,13-15H,1H2,(H,24,25,26). The van der Waals surface area contributed by atoms with Crippen LogP contribution in [-0.2, 0) is 9.71 Å². The maximum absolute atomic E-state index is 13.6. The lowest BCUT2D eigenvalue weighted by molar-refractivity contribution is 0.0982. The monoisotopic (exact) mass is 378 g/mol. The van der Waals surface area contributed by atoms with E-state index in [-0.39, 0.29) is 11.1 Å². The molecular formula is C21H15FN2O2S. The van der Waals surface area contributed by atoms with Gasteiger partial charge in [0, 0.05) is 22.9 Å². The number of aromatic nitrogens is 1. The molecule has 3 aromatic rings. The van der Waals surface area contributed by atoms with Crippen molar-refractivity contribution in [1.29, 1.82) is 0 Å². The number of nitrogens with one attached hydrogen (secondary N) is 1. The van der Waals surface area contributed by atoms with E-state index in [9.17, 15) is 13.4 Å². The Kier molecular flexibility index (Phi) is 5.34. The van der Waals surface area contributed by atoms with E-state index in [0.29, 0.717) is 10.5 Å². The van der Waals surface area contributed by atoms with Crippen LogP contribution < -0.4 is 4.72 Å². The number of amides is 1. The van der Waals surface area contributed by atoms with Gasteiger partial charge in [0.05, 0.1) is 20.8 Å². The zero-order valence-corrected chi connectivity index (χ0v) is 15.0. The summed E-state index contributed by atoms with van der Waals surface area (Å²) < 4.78 is 28.7. The van der Waals surface area contributed by atoms with Gasteiger partial charge in [-0.05, 0) is 36.2 Å². The third kappa shape index (κ3) is 4.60. The van der Waals surface area contributed by atoms with Crippen LogP contribution in [0.5, 0.6) is 0 Å². The van der Waals surface area contributed by atoms with Crippen LogP contribution >= 0.6 is 0 Å². The predicted molar refractivity (Wildman–Crippen MR) is 104 cm³/mol. The lowest BCUT2D eigenvalue weighted by atomic mass is 10.1. The number of carbonyl (C=O) groups excluding carboxylic acids is 1. The van der Waals surface area contributed by atoms with Gasteiger partial charge in [0.15, 0.2) is 0 Å². The highest BCUT2D eigenvalue weighted by Gasteiger charge is 2.13. The number of carbonyl (C=O) groups is 1. The molecule has 0 aliphatic rings. The lowest BCUT2D eigenvalue weighted by Crippen LogP contribution is -2.30. The topological polar surface area (TPSA) is 59.1 Å². The molecule has 0 saturated carbocycles. The third-order valence-electron chi connectivity index (χ3n) is 3.60. The zero-order chi connectivity index (χ0) is 19.3. The van der Waals surface area contributed by atoms with Crippen molar-refractivity contribution < 1.29 is 13.4 Å². The number of rotatable bonds is 3. The maximum atomic E-state index is 13.6. The van der Waals surface area contributed by atoms with Crippen molar-refractivity contribution in [3.8, 4) is 11.8 Å². The summed E-state index contributed by atoms with van der Waals surface area (Å²) in [4.78, 5) is 16.8. The van der Waals surface area contributed by atoms with Crippen LogP contribution in [0.3, 0.4) is 0 Å². The first-order valence-corrected chi connectivity index (χ1v) is 9.64. The van der Waals surface area contributed by atoms with Crippen molar-refractivity contribution in [2.24, 2.45) is 0 Å². The third-order valence-corrected chi connectivity index (χ3v) is 5.15. The molecule has 0 bridgehead atoms. The summed E-state index contributed by atoms with van der Waals surface area (Å²) in [6.07, 6.45) is 2.80. The van der Waals surface area contributed by atoms with Gasteiger partial charge in [0.2, 0.25) is 0 Å². The fourth-order valence-corrected chi connectivity index (χ4v) is 3.37. The van der Waals surface area contributed by atoms with Gasteiger partial charge in [-0.2, -0.15) is 0 Å². The molecule has 4 nitrogen and oxygen atoms in total. The molecule has 0 saturated heterocycles. The Morgan fingerprint density at radius 1 is 1.04 bits per heavy atom. The van der Waals surface area contributed by atoms with Crippen molar-refractivity contribution in [3.05, 3.63) is 95.6 Å². The number of halogens is 1. The lowest BCUT2D eigenvalue weighted by Gasteiger charge is -2.11. The van der Waals surface area contributed by atoms with E-state index in [2.05, 4.69) is 27.4 Å². The van der Waals surface area contributed by atoms with Gasteiger partial charge in [0.1, 0.15) is 5.82 Å². The molecule has 2 aromatic carbocycles. The summed E-state index contributed by atoms with van der Waals surface area (Å²) >= 11 is 0. The van der Waals surface area contributed by atoms with Crippen LogP contribution in [0.1, 0.15) is 21.5 Å². The predicted octanol–water partition coefficient (Wildman–Crippen LogP) is 3.04. The number of hydrogen-bond acceptors (Lipinski definition) is 3. The molecule has 1 unspecified atom stereocenters. The van der Waals surface area contributed by atoms with Crippen molar-refractivity contribution in [2.75, 3.05) is 0 Å². The zero-order valence-electron chi connectivity index (χ0n) is 14.2. The van der Waals surface area contributed by atoms with Gasteiger partial charge in [0.25, 0.3) is 5.91 Å². The average molecular weight is 378 g/mol. The molecule has 1 heterocycles. The van der Waals surface area contributed by atoms with E-state index in [1.54, 1.807) is 48.5 Å². The molecule has 1 N–H and O–H groups in total. The molecule has 27 heavy (non-hydrogen) atoms. The molecule has 1 atom stereocenters. The molecule has 1 amide bonds. The minimum Gasteiger partial charge on any atom is -0.275 e. The van der Waals surface area contributed by atoms with Gasteiger partial charge in [-0.1, -0.05) is 42.2 Å². The van der Waals surface area contributed by atoms with Gasteiger partial charge in [-0.3, -0.25) is 14.5 Å². The van der Waals surface area contributed by atoms with Gasteiger partial charge in [-0.15, -0.1) is 0 Å². The van der Waals surface area contributed by atoms with E-state index >= 15 is 0 Å². The fourth-order valence-electron chi connectivity index (χ4n) is 2.24. The summed E-state index contributed by atoms with van der Waals surface area (Å²) in [5.74, 6) is 8.09. The molecule has 0 fully saturated rings. The maximum Gasteiger partial charge on any atom is 0.264 e. The van der Waals surface area contributed by atoms with Crippen LogP contribution in [0.25, 0.3) is 0 Å². The number of benzene rings is 2. The van der Waals surface area contributed by atoms with Crippen LogP contribution in [0.4, 0.5) is 4.39 Å². The summed E-state index contributed by atoms with van der Waals surface area (Å²) in [6.45, 7) is 0. The Morgan fingerprint density at radius 3 is 2.48 bits per heavy atom. The summed E-state index contributed by atoms with van der Waals surface area (Å²) in [7, 11) is -2.99. The number of nitrogens with zero attached hydrogens (tertiary/aromatic N) is 1. The summed E-state index contributed by atoms with van der Waals surface area (Å²) in [5.41, 5.74) is 0.862. The first-order chi connectivity index (χ1) is 13.0. The van der Waals surface area contributed by atoms with Gasteiger partial charge in [-0.25, -0.2) is 8.60 Å². The minimum absolute atomic E-state index is 0.183. The Morgan fingerprint density at radius 2 is 1.74 bits per heavy atom. The Labute approximate surface area is 157 Å². The smallest absolute Gasteiger partial charge is 0.264 e. The van der Waals surface area contributed by atoms with E-state index < -0.39 is 21.4 Å². The normalized spacial score (nSPS) is 12.3. The second kappa shape index (κ2) is 7.85. The van der Waals surface area contributed by atoms with Crippen molar-refractivity contribution in [1.82, 2.24) is 9.71 Å². The van der Waals surface area contributed by atoms with Crippen LogP contribution in [0.2, 0.25) is 0 Å². The van der Waals surface area contributed by atoms with Gasteiger partial charge < -0.3 is 0 Å². The molecule has 0 aliphatic heterocycles. The van der Waals surface area contributed by atoms with E-state index in [1.165, 1.54) is 24.5 Å².